The summed E-state index contributed by atoms with van der Waals surface area (Å²) in [6, 6.07) is 0.528. The Balaban J connectivity index is 1.71. The van der Waals surface area contributed by atoms with E-state index >= 15 is 0 Å². The van der Waals surface area contributed by atoms with E-state index in [1.165, 1.54) is 25.9 Å². The molecular formula is C11H22N2O. The van der Waals surface area contributed by atoms with Gasteiger partial charge in [0.25, 0.3) is 0 Å². The molecule has 0 aromatic heterocycles. The van der Waals surface area contributed by atoms with Crippen molar-refractivity contribution in [2.24, 2.45) is 5.92 Å². The zero-order chi connectivity index (χ0) is 9.97. The number of β-amino-alcohol motifs (C(OH)–C–C–N with tert-alkyl or cyclic N) is 1. The van der Waals surface area contributed by atoms with Crippen molar-refractivity contribution < 1.29 is 5.11 Å². The number of aliphatic hydroxyl groups excluding tert-OH is 1. The summed E-state index contributed by atoms with van der Waals surface area (Å²) in [5.41, 5.74) is 0. The summed E-state index contributed by atoms with van der Waals surface area (Å²) in [5, 5.41) is 12.8. The van der Waals surface area contributed by atoms with Gasteiger partial charge in [0.2, 0.25) is 0 Å². The molecule has 2 N–H and O–H groups in total. The Morgan fingerprint density at radius 1 is 1.50 bits per heavy atom. The summed E-state index contributed by atoms with van der Waals surface area (Å²) >= 11 is 0. The molecule has 2 aliphatic heterocycles. The Kier molecular flexibility index (Phi) is 3.42. The molecule has 0 spiro atoms. The minimum absolute atomic E-state index is 0.107. The lowest BCUT2D eigenvalue weighted by molar-refractivity contribution is 0.189. The average Bonchev–Trinajstić information content (AvgIpc) is 2.76. The first-order valence-corrected chi connectivity index (χ1v) is 5.91. The summed E-state index contributed by atoms with van der Waals surface area (Å²) < 4.78 is 0. The molecule has 3 unspecified atom stereocenters. The highest BCUT2D eigenvalue weighted by Gasteiger charge is 2.27. The van der Waals surface area contributed by atoms with Gasteiger partial charge in [-0.15, -0.1) is 0 Å². The van der Waals surface area contributed by atoms with Crippen LogP contribution in [0.4, 0.5) is 0 Å². The third-order valence-electron chi connectivity index (χ3n) is 3.62. The summed E-state index contributed by atoms with van der Waals surface area (Å²) in [6.07, 6.45) is 3.51. The second-order valence-corrected chi connectivity index (χ2v) is 4.82. The van der Waals surface area contributed by atoms with E-state index in [-0.39, 0.29) is 6.10 Å². The van der Waals surface area contributed by atoms with Gasteiger partial charge >= 0.3 is 0 Å². The van der Waals surface area contributed by atoms with Crippen LogP contribution < -0.4 is 5.32 Å². The number of hydrogen-bond donors (Lipinski definition) is 2. The molecule has 2 rings (SSSR count). The molecule has 0 saturated carbocycles. The van der Waals surface area contributed by atoms with Crippen LogP contribution in [-0.2, 0) is 0 Å². The van der Waals surface area contributed by atoms with Crippen LogP contribution in [0, 0.1) is 5.92 Å². The van der Waals surface area contributed by atoms with Gasteiger partial charge in [-0.2, -0.15) is 0 Å². The van der Waals surface area contributed by atoms with Gasteiger partial charge in [-0.25, -0.2) is 0 Å². The number of hydrogen-bond acceptors (Lipinski definition) is 3. The first-order valence-electron chi connectivity index (χ1n) is 5.91. The van der Waals surface area contributed by atoms with Crippen LogP contribution >= 0.6 is 0 Å². The fraction of sp³-hybridized carbons (Fsp3) is 1.00. The fourth-order valence-corrected chi connectivity index (χ4v) is 2.66. The van der Waals surface area contributed by atoms with Gasteiger partial charge in [-0.1, -0.05) is 13.3 Å². The Hall–Kier alpha value is -0.120. The molecule has 3 heteroatoms. The molecule has 0 radical (unpaired) electrons. The molecule has 2 saturated heterocycles. The lowest BCUT2D eigenvalue weighted by Gasteiger charge is -2.20. The van der Waals surface area contributed by atoms with Crippen molar-refractivity contribution in [1.29, 1.82) is 0 Å². The summed E-state index contributed by atoms with van der Waals surface area (Å²) in [5.74, 6) is 0.918. The molecule has 2 heterocycles. The molecule has 0 aliphatic carbocycles. The molecule has 0 aromatic rings. The van der Waals surface area contributed by atoms with Crippen LogP contribution in [0.2, 0.25) is 0 Å². The number of nitrogens with one attached hydrogen (secondary N) is 1. The number of likely N-dealkylation sites (tertiary alicyclic amines) is 1. The van der Waals surface area contributed by atoms with E-state index in [2.05, 4.69) is 17.1 Å². The van der Waals surface area contributed by atoms with E-state index in [0.29, 0.717) is 6.04 Å². The molecule has 3 nitrogen and oxygen atoms in total. The first kappa shape index (κ1) is 10.4. The quantitative estimate of drug-likeness (QED) is 0.691. The maximum atomic E-state index is 9.39. The Morgan fingerprint density at radius 2 is 2.36 bits per heavy atom. The van der Waals surface area contributed by atoms with Gasteiger partial charge in [-0.3, -0.25) is 0 Å². The van der Waals surface area contributed by atoms with Gasteiger partial charge in [0, 0.05) is 25.7 Å². The number of rotatable bonds is 3. The largest absolute Gasteiger partial charge is 0.392 e. The molecule has 14 heavy (non-hydrogen) atoms. The van der Waals surface area contributed by atoms with Crippen molar-refractivity contribution in [2.75, 3.05) is 26.2 Å². The normalized spacial score (nSPS) is 39.4. The lowest BCUT2D eigenvalue weighted by atomic mass is 10.1. The van der Waals surface area contributed by atoms with E-state index in [1.807, 2.05) is 0 Å². The molecule has 0 bridgehead atoms. The Bertz CT molecular complexity index is 186. The summed E-state index contributed by atoms with van der Waals surface area (Å²) in [6.45, 7) is 6.73. The van der Waals surface area contributed by atoms with Crippen molar-refractivity contribution in [3.8, 4) is 0 Å². The molecule has 0 aromatic carbocycles. The second-order valence-electron chi connectivity index (χ2n) is 4.82. The van der Waals surface area contributed by atoms with E-state index < -0.39 is 0 Å². The van der Waals surface area contributed by atoms with Crippen LogP contribution in [0.25, 0.3) is 0 Å². The third-order valence-corrected chi connectivity index (χ3v) is 3.62. The first-order chi connectivity index (χ1) is 6.78. The monoisotopic (exact) mass is 198 g/mol. The summed E-state index contributed by atoms with van der Waals surface area (Å²) in [4.78, 5) is 2.55. The van der Waals surface area contributed by atoms with Crippen molar-refractivity contribution in [3.63, 3.8) is 0 Å². The predicted octanol–water partition coefficient (Wildman–Crippen LogP) is 0.441. The minimum atomic E-state index is -0.107. The zero-order valence-corrected chi connectivity index (χ0v) is 9.08. The number of aliphatic hydroxyl groups is 1. The highest BCUT2D eigenvalue weighted by molar-refractivity contribution is 4.85. The molecule has 82 valence electrons. The third kappa shape index (κ3) is 2.47. The van der Waals surface area contributed by atoms with Crippen LogP contribution in [0.3, 0.4) is 0 Å². The topological polar surface area (TPSA) is 35.5 Å². The zero-order valence-electron chi connectivity index (χ0n) is 9.08. The Morgan fingerprint density at radius 3 is 2.93 bits per heavy atom. The van der Waals surface area contributed by atoms with Gasteiger partial charge in [0.05, 0.1) is 6.10 Å². The van der Waals surface area contributed by atoms with Gasteiger partial charge in [-0.05, 0) is 25.3 Å². The van der Waals surface area contributed by atoms with Crippen LogP contribution in [-0.4, -0.2) is 48.3 Å². The maximum Gasteiger partial charge on any atom is 0.0680 e. The average molecular weight is 198 g/mol. The van der Waals surface area contributed by atoms with Crippen molar-refractivity contribution in [1.82, 2.24) is 10.2 Å². The standard InChI is InChI=1S/C11H22N2O/c1-2-9-3-4-13(7-9)8-10-5-11(14)6-12-10/h9-12,14H,2-8H2,1H3. The molecule has 0 amide bonds. The lowest BCUT2D eigenvalue weighted by Crippen LogP contribution is -2.36. The molecule has 2 fully saturated rings. The van der Waals surface area contributed by atoms with Crippen molar-refractivity contribution in [3.05, 3.63) is 0 Å². The molecule has 3 atom stereocenters. The Labute approximate surface area is 86.5 Å². The van der Waals surface area contributed by atoms with Crippen molar-refractivity contribution in [2.45, 2.75) is 38.3 Å². The predicted molar refractivity (Wildman–Crippen MR) is 57.3 cm³/mol. The second kappa shape index (κ2) is 4.60. The smallest absolute Gasteiger partial charge is 0.0680 e. The van der Waals surface area contributed by atoms with E-state index in [9.17, 15) is 5.11 Å². The van der Waals surface area contributed by atoms with E-state index in [4.69, 9.17) is 0 Å². The van der Waals surface area contributed by atoms with Crippen molar-refractivity contribution >= 4 is 0 Å². The van der Waals surface area contributed by atoms with Crippen LogP contribution in [0.15, 0.2) is 0 Å². The fourth-order valence-electron chi connectivity index (χ4n) is 2.66. The number of nitrogens with zero attached hydrogens (tertiary/aromatic N) is 1. The molecular weight excluding hydrogens is 176 g/mol. The summed E-state index contributed by atoms with van der Waals surface area (Å²) in [7, 11) is 0. The maximum absolute atomic E-state index is 9.39. The van der Waals surface area contributed by atoms with E-state index in [1.54, 1.807) is 0 Å². The van der Waals surface area contributed by atoms with E-state index in [0.717, 1.165) is 25.4 Å². The highest BCUT2D eigenvalue weighted by Crippen LogP contribution is 2.20. The van der Waals surface area contributed by atoms with Gasteiger partial charge in [0.15, 0.2) is 0 Å². The van der Waals surface area contributed by atoms with Gasteiger partial charge < -0.3 is 15.3 Å². The van der Waals surface area contributed by atoms with Crippen LogP contribution in [0.5, 0.6) is 0 Å². The molecule has 2 aliphatic rings. The van der Waals surface area contributed by atoms with Gasteiger partial charge in [0.1, 0.15) is 0 Å². The van der Waals surface area contributed by atoms with Crippen LogP contribution in [0.1, 0.15) is 26.2 Å². The highest BCUT2D eigenvalue weighted by atomic mass is 16.3. The SMILES string of the molecule is CCC1CCN(CC2CC(O)CN2)C1. The minimum Gasteiger partial charge on any atom is -0.392 e.